The van der Waals surface area contributed by atoms with Crippen LogP contribution in [-0.4, -0.2) is 12.8 Å². The molecular weight excluding hydrogens is 392 g/mol. The van der Waals surface area contributed by atoms with Crippen LogP contribution in [0.5, 0.6) is 5.75 Å². The van der Waals surface area contributed by atoms with Gasteiger partial charge < -0.3 is 19.6 Å². The zero-order chi connectivity index (χ0) is 11.6. The van der Waals surface area contributed by atoms with Crippen molar-refractivity contribution in [3.05, 3.63) is 57.3 Å². The summed E-state index contributed by atoms with van der Waals surface area (Å²) in [4.78, 5) is 0. The van der Waals surface area contributed by atoms with Crippen LogP contribution in [0, 0.1) is 61.3 Å². The average Bonchev–Trinajstić information content (AvgIpc) is 2.25. The van der Waals surface area contributed by atoms with Crippen molar-refractivity contribution in [2.45, 2.75) is 6.18 Å². The maximum atomic E-state index is 12.0. The van der Waals surface area contributed by atoms with Crippen molar-refractivity contribution in [2.75, 3.05) is 6.61 Å². The Hall–Kier alpha value is -0.372. The molecule has 0 bridgehead atoms. The molecule has 0 atom stereocenters. The Kier molecular flexibility index (Phi) is 9.62. The topological polar surface area (TPSA) is 9.23 Å². The van der Waals surface area contributed by atoms with Gasteiger partial charge in [-0.05, 0) is 0 Å². The Balaban J connectivity index is 0. The molecule has 2 rings (SSSR count). The Labute approximate surface area is 144 Å². The second-order valence-corrected chi connectivity index (χ2v) is 3.29. The molecule has 0 spiro atoms. The third kappa shape index (κ3) is 6.07. The monoisotopic (exact) mass is 407 g/mol. The van der Waals surface area contributed by atoms with Gasteiger partial charge in [0.15, 0.2) is 6.61 Å². The van der Waals surface area contributed by atoms with E-state index in [0.29, 0.717) is 5.39 Å². The minimum atomic E-state index is -4.32. The molecule has 0 aliphatic carbocycles. The van der Waals surface area contributed by atoms with Crippen LogP contribution in [0.1, 0.15) is 0 Å². The van der Waals surface area contributed by atoms with Gasteiger partial charge in [-0.3, -0.25) is 0 Å². The molecule has 0 aliphatic heterocycles. The number of fused-ring (bicyclic) bond motifs is 1. The Morgan fingerprint density at radius 3 is 2.32 bits per heavy atom. The quantitative estimate of drug-likeness (QED) is 0.670. The standard InChI is InChI=1S/C12H8F3O.2CH3.Sm/c13-12(14,15)8-16-11-7-3-5-9-4-1-2-6-10(9)11;;;/h1-4,6-7H,8H2;2*1H3;/q3*-1;+3. The fourth-order valence-corrected chi connectivity index (χ4v) is 1.41. The summed E-state index contributed by atoms with van der Waals surface area (Å²) in [5, 5.41) is 1.37. The SMILES string of the molecule is FC(F)(F)COc1cc[c-]c2ccccc12.[CH3-].[CH3-].[Sm+3]. The van der Waals surface area contributed by atoms with Gasteiger partial charge in [-0.25, -0.2) is 0 Å². The molecule has 19 heavy (non-hydrogen) atoms. The van der Waals surface area contributed by atoms with Gasteiger partial charge in [0, 0.05) is 5.75 Å². The van der Waals surface area contributed by atoms with Gasteiger partial charge in [-0.2, -0.15) is 13.2 Å². The zero-order valence-electron chi connectivity index (χ0n) is 10.6. The van der Waals surface area contributed by atoms with E-state index >= 15 is 0 Å². The van der Waals surface area contributed by atoms with Crippen LogP contribution in [0.3, 0.4) is 0 Å². The molecule has 1 nitrogen and oxygen atoms in total. The van der Waals surface area contributed by atoms with Crippen molar-refractivity contribution >= 4 is 10.8 Å². The Morgan fingerprint density at radius 1 is 1.05 bits per heavy atom. The predicted molar refractivity (Wildman–Crippen MR) is 67.2 cm³/mol. The summed E-state index contributed by atoms with van der Waals surface area (Å²) in [5.74, 6) is 0.228. The van der Waals surface area contributed by atoms with Gasteiger partial charge in [-0.15, -0.1) is 35.7 Å². The first-order valence-corrected chi connectivity index (χ1v) is 4.65. The van der Waals surface area contributed by atoms with Gasteiger partial charge in [-0.1, -0.05) is 17.5 Å². The van der Waals surface area contributed by atoms with Crippen molar-refractivity contribution < 1.29 is 58.3 Å². The van der Waals surface area contributed by atoms with Gasteiger partial charge >= 0.3 is 46.6 Å². The molecule has 0 heterocycles. The molecule has 2 aromatic carbocycles. The molecule has 2 aromatic rings. The van der Waals surface area contributed by atoms with E-state index in [4.69, 9.17) is 4.74 Å². The van der Waals surface area contributed by atoms with Crippen LogP contribution >= 0.6 is 0 Å². The summed E-state index contributed by atoms with van der Waals surface area (Å²) in [7, 11) is 0. The summed E-state index contributed by atoms with van der Waals surface area (Å²) < 4.78 is 40.8. The molecule has 0 saturated heterocycles. The Bertz CT molecular complexity index is 492. The minimum absolute atomic E-state index is 0. The fraction of sp³-hybridized carbons (Fsp3) is 0.143. The molecule has 0 fully saturated rings. The molecule has 5 heteroatoms. The maximum Gasteiger partial charge on any atom is 3.00 e. The second-order valence-electron chi connectivity index (χ2n) is 3.29. The Morgan fingerprint density at radius 2 is 1.68 bits per heavy atom. The normalized spacial score (nSPS) is 9.84. The van der Waals surface area contributed by atoms with E-state index in [1.807, 2.05) is 0 Å². The van der Waals surface area contributed by atoms with Crippen molar-refractivity contribution in [3.8, 4) is 5.75 Å². The van der Waals surface area contributed by atoms with Gasteiger partial charge in [0.05, 0.1) is 0 Å². The number of halogens is 3. The van der Waals surface area contributed by atoms with Crippen LogP contribution in [0.2, 0.25) is 0 Å². The number of alkyl halides is 3. The van der Waals surface area contributed by atoms with Crippen molar-refractivity contribution in [1.29, 1.82) is 0 Å². The molecule has 0 N–H and O–H groups in total. The van der Waals surface area contributed by atoms with E-state index in [1.165, 1.54) is 6.07 Å². The van der Waals surface area contributed by atoms with E-state index in [1.54, 1.807) is 30.3 Å². The first-order chi connectivity index (χ1) is 7.56. The molecule has 0 aliphatic rings. The summed E-state index contributed by atoms with van der Waals surface area (Å²) >= 11 is 0. The van der Waals surface area contributed by atoms with Crippen molar-refractivity contribution in [3.63, 3.8) is 0 Å². The smallest absolute Gasteiger partial charge is 0.503 e. The van der Waals surface area contributed by atoms with Crippen LogP contribution in [0.25, 0.3) is 10.8 Å². The maximum absolute atomic E-state index is 12.0. The van der Waals surface area contributed by atoms with Gasteiger partial charge in [0.25, 0.3) is 0 Å². The molecular formula is C14H14F3OSm. The van der Waals surface area contributed by atoms with E-state index in [0.717, 1.165) is 5.39 Å². The number of ether oxygens (including phenoxy) is 1. The molecule has 0 unspecified atom stereocenters. The van der Waals surface area contributed by atoms with Crippen LogP contribution in [-0.2, 0) is 0 Å². The average molecular weight is 406 g/mol. The second kappa shape index (κ2) is 8.73. The van der Waals surface area contributed by atoms with E-state index in [2.05, 4.69) is 6.07 Å². The van der Waals surface area contributed by atoms with Gasteiger partial charge in [0.2, 0.25) is 0 Å². The molecule has 1 radical (unpaired) electrons. The minimum Gasteiger partial charge on any atom is -0.503 e. The van der Waals surface area contributed by atoms with Crippen LogP contribution in [0.15, 0.2) is 36.4 Å². The van der Waals surface area contributed by atoms with Crippen LogP contribution < -0.4 is 4.74 Å². The largest absolute Gasteiger partial charge is 3.00 e. The third-order valence-electron chi connectivity index (χ3n) is 2.06. The summed E-state index contributed by atoms with van der Waals surface area (Å²) in [6.45, 7) is -1.28. The summed E-state index contributed by atoms with van der Waals surface area (Å²) in [5.41, 5.74) is 0. The fourth-order valence-electron chi connectivity index (χ4n) is 1.41. The number of hydrogen-bond acceptors (Lipinski definition) is 1. The number of hydrogen-bond donors (Lipinski definition) is 0. The van der Waals surface area contributed by atoms with Crippen molar-refractivity contribution in [1.82, 2.24) is 0 Å². The predicted octanol–water partition coefficient (Wildman–Crippen LogP) is 4.48. The molecule has 0 amide bonds. The van der Waals surface area contributed by atoms with Gasteiger partial charge in [0.1, 0.15) is 0 Å². The zero-order valence-corrected chi connectivity index (χ0v) is 13.2. The number of rotatable bonds is 2. The first-order valence-electron chi connectivity index (χ1n) is 4.65. The molecule has 0 saturated carbocycles. The third-order valence-corrected chi connectivity index (χ3v) is 2.06. The molecule has 103 valence electrons. The van der Waals surface area contributed by atoms with E-state index < -0.39 is 12.8 Å². The first kappa shape index (κ1) is 20.9. The van der Waals surface area contributed by atoms with E-state index in [-0.39, 0.29) is 61.0 Å². The van der Waals surface area contributed by atoms with E-state index in [9.17, 15) is 13.2 Å². The van der Waals surface area contributed by atoms with Crippen molar-refractivity contribution in [2.24, 2.45) is 0 Å². The summed E-state index contributed by atoms with van der Waals surface area (Å²) in [6, 6.07) is 13.0. The summed E-state index contributed by atoms with van der Waals surface area (Å²) in [6.07, 6.45) is -4.32. The molecule has 0 aromatic heterocycles. The van der Waals surface area contributed by atoms with Crippen LogP contribution in [0.4, 0.5) is 13.2 Å². The number of benzene rings is 2.